The molecule has 3 radical (unpaired) electrons. The van der Waals surface area contributed by atoms with Crippen molar-refractivity contribution in [3.8, 4) is 17.2 Å². The minimum atomic E-state index is -0.639. The molecule has 3 aromatic carbocycles. The Hall–Kier alpha value is -1.94. The van der Waals surface area contributed by atoms with Crippen molar-refractivity contribution in [2.45, 2.75) is 26.8 Å². The number of aromatic nitrogens is 6. The van der Waals surface area contributed by atoms with Gasteiger partial charge in [-0.3, -0.25) is 19.2 Å². The van der Waals surface area contributed by atoms with Crippen LogP contribution in [-0.2, 0) is 38.5 Å². The quantitative estimate of drug-likeness (QED) is 0.0306. The average Bonchev–Trinajstić information content (AvgIpc) is 3.51. The van der Waals surface area contributed by atoms with Crippen LogP contribution in [0.4, 0.5) is 30.6 Å². The van der Waals surface area contributed by atoms with Gasteiger partial charge in [-0.25, -0.2) is 47.5 Å². The van der Waals surface area contributed by atoms with Gasteiger partial charge in [-0.1, -0.05) is 56.8 Å². The summed E-state index contributed by atoms with van der Waals surface area (Å²) in [5.41, 5.74) is 1.30. The normalized spacial score (nSPS) is 10.8. The summed E-state index contributed by atoms with van der Waals surface area (Å²) < 4.78 is 53.1. The second-order valence-electron chi connectivity index (χ2n) is 14.1. The Morgan fingerprint density at radius 2 is 1.19 bits per heavy atom. The molecule has 0 fully saturated rings. The number of likely N-dealkylation sites (N-methyl/N-ethyl adjacent to an activating group) is 1. The zero-order chi connectivity index (χ0) is 60.6. The van der Waals surface area contributed by atoms with Crippen molar-refractivity contribution in [2.75, 3.05) is 55.2 Å². The van der Waals surface area contributed by atoms with Gasteiger partial charge in [0.15, 0.2) is 47.1 Å². The van der Waals surface area contributed by atoms with Gasteiger partial charge in [0.05, 0.1) is 40.0 Å². The molecule has 37 heteroatoms. The molecule has 1 unspecified atom stereocenters. The van der Waals surface area contributed by atoms with Gasteiger partial charge in [-0.05, 0) is 88.9 Å². The third-order valence-electron chi connectivity index (χ3n) is 8.59. The Labute approximate surface area is 653 Å². The number of hydrogen-bond donors (Lipinski definition) is 3. The third kappa shape index (κ3) is 33.8. The Balaban J connectivity index is -0.000000470. The van der Waals surface area contributed by atoms with Gasteiger partial charge < -0.3 is 54.4 Å². The first kappa shape index (κ1) is 85.3. The van der Waals surface area contributed by atoms with Gasteiger partial charge in [-0.2, -0.15) is 15.0 Å². The van der Waals surface area contributed by atoms with E-state index >= 15 is 0 Å². The molecule has 0 spiro atoms. The van der Waals surface area contributed by atoms with E-state index in [4.69, 9.17) is 94.2 Å². The van der Waals surface area contributed by atoms with Crippen LogP contribution in [-0.4, -0.2) is 119 Å². The molecule has 3 aromatic heterocycles. The molecule has 0 bridgehead atoms. The molecule has 23 nitrogen and oxygen atoms in total. The summed E-state index contributed by atoms with van der Waals surface area (Å²) in [7, 11) is 9.44. The zero-order valence-electron chi connectivity index (χ0n) is 45.9. The number of hydrogen-bond acceptors (Lipinski definition) is 23. The molecule has 0 saturated carbocycles. The number of nitrogens with one attached hydrogen (secondary N) is 2. The van der Waals surface area contributed by atoms with Gasteiger partial charge in [-0.15, -0.1) is 0 Å². The van der Waals surface area contributed by atoms with E-state index in [0.717, 1.165) is 37.6 Å². The van der Waals surface area contributed by atoms with E-state index in [1.807, 2.05) is 11.9 Å². The first-order valence-corrected chi connectivity index (χ1v) is 24.7. The number of anilines is 3. The first-order chi connectivity index (χ1) is 37.8. The fourth-order valence-corrected chi connectivity index (χ4v) is 6.74. The second kappa shape index (κ2) is 47.1. The summed E-state index contributed by atoms with van der Waals surface area (Å²) in [4.78, 5) is 96.0. The molecule has 1 atom stereocenters. The maximum absolute atomic E-state index is 13.1. The molecule has 3 N–H and O–H groups in total. The molecule has 0 saturated heterocycles. The monoisotopic (exact) mass is 1590 g/mol. The van der Waals surface area contributed by atoms with E-state index in [2.05, 4.69) is 83.8 Å². The standard InChI is InChI=1S/C13H10Cl2FN3O2.C13H10Cl2FN3O.C8H5BrClFO.C5H6ClN3O.C4H6O4.C2H3BO2.CH2O3.2Cs.Na.H/c1-17-12-11(5-18-13(15)19-12)21-6-10(20)8-3-2-7(16)4-9(8)14;1-19-10(8-3-2-7(16)4-9(8)14)6-20-11-5-17-13(15)18-12(11)19;9-4-8(12)6-2-1-5(11)3-7(6)10;1-7-4-3(10)2-8-5(6)9-4;1-3(5)7-8-4(2)6;1-2(4)5-3;2-1-4-3;;;;/h2-5H,6H2,1H3,(H,17,18,19);2-5,10H,6H2,1H3;1-3H,4H2;2,10H,1H3,(H,7,8,9);1-2H3;1H3;1,3H;;;;/q;;;;;-1;;3*+1;-1/p-1. The van der Waals surface area contributed by atoms with Crippen molar-refractivity contribution < 1.29 is 250 Å². The van der Waals surface area contributed by atoms with Crippen molar-refractivity contribution in [3.63, 3.8) is 0 Å². The summed E-state index contributed by atoms with van der Waals surface area (Å²) in [5.74, 6) is -1.51. The molecule has 0 amide bonds. The molecule has 6 aromatic rings. The van der Waals surface area contributed by atoms with Crippen LogP contribution >= 0.6 is 85.5 Å². The summed E-state index contributed by atoms with van der Waals surface area (Å²) in [5, 5.41) is 23.9. The molecular weight excluding hydrogens is 1550 g/mol. The smallest absolute Gasteiger partial charge is 1.00 e. The number of alkyl halides is 1. The van der Waals surface area contributed by atoms with Crippen LogP contribution < -0.4 is 198 Å². The number of fused-ring (bicyclic) bond motifs is 1. The number of ketones is 2. The average molecular weight is 1590 g/mol. The predicted molar refractivity (Wildman–Crippen MR) is 290 cm³/mol. The van der Waals surface area contributed by atoms with Crippen LogP contribution in [0.5, 0.6) is 17.2 Å². The van der Waals surface area contributed by atoms with Crippen LogP contribution in [0.25, 0.3) is 0 Å². The summed E-state index contributed by atoms with van der Waals surface area (Å²) in [6.07, 6.45) is 4.12. The molecule has 1 aliphatic rings. The predicted octanol–water partition coefficient (Wildman–Crippen LogP) is -0.128. The van der Waals surface area contributed by atoms with Crippen LogP contribution in [0.2, 0.25) is 30.9 Å². The molecule has 4 heterocycles. The zero-order valence-corrected chi connectivity index (χ0v) is 65.6. The Morgan fingerprint density at radius 3 is 1.61 bits per heavy atom. The number of ether oxygens (including phenoxy) is 2. The molecule has 1 aliphatic heterocycles. The number of Topliss-reactive ketones (excluding diaryl/α,β-unsaturated/α-hetero) is 2. The van der Waals surface area contributed by atoms with E-state index in [1.165, 1.54) is 55.8 Å². The van der Waals surface area contributed by atoms with Crippen molar-refractivity contribution in [1.82, 2.24) is 29.9 Å². The van der Waals surface area contributed by atoms with E-state index < -0.39 is 35.3 Å². The van der Waals surface area contributed by atoms with Crippen molar-refractivity contribution >= 4 is 147 Å². The fourth-order valence-electron chi connectivity index (χ4n) is 5.21. The van der Waals surface area contributed by atoms with Crippen molar-refractivity contribution in [2.24, 2.45) is 0 Å². The molecular formula is C46H42BBrCl6Cs2F3N9NaO14. The van der Waals surface area contributed by atoms with E-state index in [1.54, 1.807) is 20.2 Å². The number of halogens is 10. The number of rotatable bonds is 10. The van der Waals surface area contributed by atoms with Crippen molar-refractivity contribution in [3.05, 3.63) is 138 Å². The minimum Gasteiger partial charge on any atom is -1.00 e. The second-order valence-corrected chi connectivity index (χ2v) is 16.9. The Kier molecular flexibility index (Phi) is 48.4. The van der Waals surface area contributed by atoms with Gasteiger partial charge in [0, 0.05) is 58.1 Å². The van der Waals surface area contributed by atoms with Gasteiger partial charge in [0.2, 0.25) is 27.6 Å². The number of benzene rings is 3. The summed E-state index contributed by atoms with van der Waals surface area (Å²) in [6.45, 7) is 3.43. The van der Waals surface area contributed by atoms with Crippen LogP contribution in [0, 0.1) is 17.5 Å². The van der Waals surface area contributed by atoms with Crippen molar-refractivity contribution in [1.29, 1.82) is 0 Å². The van der Waals surface area contributed by atoms with Crippen LogP contribution in [0.1, 0.15) is 54.5 Å². The van der Waals surface area contributed by atoms with Crippen LogP contribution in [0.15, 0.2) is 73.2 Å². The number of carbonyl (C=O) groups is 6. The van der Waals surface area contributed by atoms with E-state index in [9.17, 15) is 37.1 Å². The van der Waals surface area contributed by atoms with Gasteiger partial charge in [0.1, 0.15) is 24.1 Å². The molecule has 0 aliphatic carbocycles. The maximum Gasteiger partial charge on any atom is 1.00 e. The number of nitrogens with zero attached hydrogens (tertiary/aromatic N) is 7. The largest absolute Gasteiger partial charge is 1.00 e. The Morgan fingerprint density at radius 1 is 0.759 bits per heavy atom. The molecule has 83 heavy (non-hydrogen) atoms. The minimum absolute atomic E-state index is 0. The number of aromatic hydroxyl groups is 1. The van der Waals surface area contributed by atoms with Gasteiger partial charge in [0.25, 0.3) is 6.47 Å². The SMILES string of the molecule is CC(=O)OOC(C)=O.CN1c2nc(Cl)ncc2OCC1c1ccc(F)cc1Cl.CNc1nc(Cl)ncc1O.CNc1nc(Cl)ncc1OCC(=O)c1ccc(F)cc1Cl.O=C(CBr)c1ccc(F)cc1Cl.O=CO[O-].[B-]OC(C)=O.[Cs+].[Cs+].[H-].[Na+]. The fraction of sp³-hybridized carbons (Fsp3) is 0.217. The van der Waals surface area contributed by atoms with Gasteiger partial charge >= 0.3 is 179 Å². The summed E-state index contributed by atoms with van der Waals surface area (Å²) >= 11 is 37.4. The maximum atomic E-state index is 13.1. The third-order valence-corrected chi connectivity index (χ3v) is 10.6. The van der Waals surface area contributed by atoms with E-state index in [0.29, 0.717) is 40.4 Å². The first-order valence-electron chi connectivity index (χ1n) is 21.3. The summed E-state index contributed by atoms with van der Waals surface area (Å²) in [6, 6.07) is 11.4. The topological polar surface area (TPSA) is 306 Å². The van der Waals surface area contributed by atoms with Crippen LogP contribution in [0.3, 0.4) is 0 Å². The molecule has 431 valence electrons. The Bertz CT molecular complexity index is 3070. The van der Waals surface area contributed by atoms with E-state index in [-0.39, 0.29) is 248 Å². The number of carbonyl (C=O) groups excluding carboxylic acids is 6. The molecule has 7 rings (SSSR count).